The van der Waals surface area contributed by atoms with E-state index in [9.17, 15) is 4.79 Å². The highest BCUT2D eigenvalue weighted by atomic mass is 79.9. The Bertz CT molecular complexity index is 416. The van der Waals surface area contributed by atoms with Crippen LogP contribution in [0.15, 0.2) is 27.7 Å². The zero-order valence-electron chi connectivity index (χ0n) is 7.96. The van der Waals surface area contributed by atoms with Gasteiger partial charge in [0.1, 0.15) is 5.54 Å². The first-order chi connectivity index (χ1) is 7.19. The van der Waals surface area contributed by atoms with E-state index >= 15 is 0 Å². The van der Waals surface area contributed by atoms with Crippen molar-refractivity contribution >= 4 is 33.6 Å². The molecule has 0 aromatic heterocycles. The van der Waals surface area contributed by atoms with E-state index in [1.807, 2.05) is 18.2 Å². The second kappa shape index (κ2) is 4.09. The van der Waals surface area contributed by atoms with Crippen LogP contribution in [0.1, 0.15) is 24.8 Å². The summed E-state index contributed by atoms with van der Waals surface area (Å²) in [6.07, 6.45) is 4.46. The Morgan fingerprint density at radius 1 is 1.47 bits per heavy atom. The normalized spacial score (nSPS) is 17.7. The van der Waals surface area contributed by atoms with Crippen molar-refractivity contribution in [3.8, 4) is 0 Å². The summed E-state index contributed by atoms with van der Waals surface area (Å²) >= 11 is 9.60. The molecule has 0 saturated heterocycles. The minimum atomic E-state index is -0.432. The number of halogens is 2. The van der Waals surface area contributed by atoms with Crippen LogP contribution in [0.25, 0.3) is 0 Å². The number of isocyanates is 1. The minimum absolute atomic E-state index is 0.432. The van der Waals surface area contributed by atoms with Gasteiger partial charge in [-0.15, -0.1) is 0 Å². The second-order valence-corrected chi connectivity index (χ2v) is 4.95. The molecule has 1 aromatic rings. The molecule has 1 fully saturated rings. The molecule has 2 nitrogen and oxygen atoms in total. The SMILES string of the molecule is O=C=NC1(c2c(Cl)cccc2Br)CCC1. The van der Waals surface area contributed by atoms with Crippen molar-refractivity contribution in [3.63, 3.8) is 0 Å². The molecular weight excluding hydrogens is 277 g/mol. The van der Waals surface area contributed by atoms with Gasteiger partial charge in [0.25, 0.3) is 0 Å². The Hall–Kier alpha value is -0.630. The van der Waals surface area contributed by atoms with Gasteiger partial charge in [-0.1, -0.05) is 33.6 Å². The van der Waals surface area contributed by atoms with E-state index in [1.165, 1.54) is 0 Å². The van der Waals surface area contributed by atoms with Crippen molar-refractivity contribution in [2.45, 2.75) is 24.8 Å². The third kappa shape index (κ3) is 1.76. The van der Waals surface area contributed by atoms with Crippen molar-refractivity contribution in [3.05, 3.63) is 33.3 Å². The van der Waals surface area contributed by atoms with E-state index in [2.05, 4.69) is 20.9 Å². The van der Waals surface area contributed by atoms with Gasteiger partial charge in [-0.25, -0.2) is 4.79 Å². The number of hydrogen-bond acceptors (Lipinski definition) is 2. The van der Waals surface area contributed by atoms with Crippen LogP contribution in [0.5, 0.6) is 0 Å². The maximum atomic E-state index is 10.5. The lowest BCUT2D eigenvalue weighted by Crippen LogP contribution is -2.32. The lowest BCUT2D eigenvalue weighted by Gasteiger charge is -2.38. The van der Waals surface area contributed by atoms with Crippen LogP contribution in [0.2, 0.25) is 5.02 Å². The molecule has 1 aliphatic carbocycles. The van der Waals surface area contributed by atoms with Crippen molar-refractivity contribution in [2.75, 3.05) is 0 Å². The van der Waals surface area contributed by atoms with E-state index in [0.717, 1.165) is 29.3 Å². The zero-order valence-corrected chi connectivity index (χ0v) is 10.3. The molecule has 0 bridgehead atoms. The van der Waals surface area contributed by atoms with Gasteiger partial charge >= 0.3 is 0 Å². The molecule has 1 aliphatic rings. The highest BCUT2D eigenvalue weighted by molar-refractivity contribution is 9.10. The molecule has 0 radical (unpaired) electrons. The summed E-state index contributed by atoms with van der Waals surface area (Å²) < 4.78 is 0.911. The predicted molar refractivity (Wildman–Crippen MR) is 62.8 cm³/mol. The molecule has 0 spiro atoms. The van der Waals surface area contributed by atoms with Crippen LogP contribution in [0.3, 0.4) is 0 Å². The second-order valence-electron chi connectivity index (χ2n) is 3.68. The van der Waals surface area contributed by atoms with Crippen LogP contribution >= 0.6 is 27.5 Å². The molecule has 2 rings (SSSR count). The summed E-state index contributed by atoms with van der Waals surface area (Å²) in [5.74, 6) is 0. The van der Waals surface area contributed by atoms with Gasteiger partial charge < -0.3 is 0 Å². The van der Waals surface area contributed by atoms with E-state index < -0.39 is 5.54 Å². The van der Waals surface area contributed by atoms with E-state index in [4.69, 9.17) is 11.6 Å². The maximum Gasteiger partial charge on any atom is 0.235 e. The van der Waals surface area contributed by atoms with E-state index in [1.54, 1.807) is 6.08 Å². The molecule has 0 heterocycles. The fourth-order valence-corrected chi connectivity index (χ4v) is 3.16. The molecule has 1 saturated carbocycles. The molecule has 0 N–H and O–H groups in total. The molecular formula is C11H9BrClNO. The lowest BCUT2D eigenvalue weighted by molar-refractivity contribution is 0.255. The van der Waals surface area contributed by atoms with Crippen LogP contribution in [-0.2, 0) is 10.3 Å². The summed E-state index contributed by atoms with van der Waals surface area (Å²) in [4.78, 5) is 14.4. The molecule has 15 heavy (non-hydrogen) atoms. The summed E-state index contributed by atoms with van der Waals surface area (Å²) in [5.41, 5.74) is 0.486. The fourth-order valence-electron chi connectivity index (χ4n) is 1.96. The Morgan fingerprint density at radius 2 is 2.20 bits per heavy atom. The van der Waals surface area contributed by atoms with Gasteiger partial charge in [0.05, 0.1) is 0 Å². The van der Waals surface area contributed by atoms with Gasteiger partial charge in [0.2, 0.25) is 6.08 Å². The van der Waals surface area contributed by atoms with E-state index in [0.29, 0.717) is 5.02 Å². The van der Waals surface area contributed by atoms with Gasteiger partial charge in [-0.2, -0.15) is 4.99 Å². The molecule has 78 valence electrons. The van der Waals surface area contributed by atoms with Crippen LogP contribution in [0, 0.1) is 0 Å². The first-order valence-corrected chi connectivity index (χ1v) is 5.90. The topological polar surface area (TPSA) is 29.4 Å². The standard InChI is InChI=1S/C11H9BrClNO/c12-8-3-1-4-9(13)10(8)11(14-7-15)5-2-6-11/h1,3-4H,2,5-6H2. The molecule has 4 heteroatoms. The largest absolute Gasteiger partial charge is 0.235 e. The Balaban J connectivity index is 2.56. The summed E-state index contributed by atoms with van der Waals surface area (Å²) in [6.45, 7) is 0. The third-order valence-corrected chi connectivity index (χ3v) is 3.84. The van der Waals surface area contributed by atoms with Crippen molar-refractivity contribution in [1.29, 1.82) is 0 Å². The molecule has 1 aromatic carbocycles. The smallest absolute Gasteiger partial charge is 0.211 e. The number of nitrogens with zero attached hydrogens (tertiary/aromatic N) is 1. The number of hydrogen-bond donors (Lipinski definition) is 0. The summed E-state index contributed by atoms with van der Waals surface area (Å²) in [7, 11) is 0. The Kier molecular flexibility index (Phi) is 2.96. The monoisotopic (exact) mass is 285 g/mol. The van der Waals surface area contributed by atoms with E-state index in [-0.39, 0.29) is 0 Å². The average molecular weight is 287 g/mol. The number of carbonyl (C=O) groups excluding carboxylic acids is 1. The number of rotatable bonds is 2. The molecule has 0 amide bonds. The lowest BCUT2D eigenvalue weighted by atomic mass is 9.72. The first-order valence-electron chi connectivity index (χ1n) is 4.73. The fraction of sp³-hybridized carbons (Fsp3) is 0.364. The number of aliphatic imine (C=N–C) groups is 1. The quantitative estimate of drug-likeness (QED) is 0.600. The van der Waals surface area contributed by atoms with Crippen LogP contribution in [0.4, 0.5) is 0 Å². The average Bonchev–Trinajstić information content (AvgIpc) is 2.13. The highest BCUT2D eigenvalue weighted by Crippen LogP contribution is 2.49. The van der Waals surface area contributed by atoms with Gasteiger partial charge in [-0.05, 0) is 31.4 Å². The third-order valence-electron chi connectivity index (χ3n) is 2.87. The zero-order chi connectivity index (χ0) is 10.9. The minimum Gasteiger partial charge on any atom is -0.211 e. The van der Waals surface area contributed by atoms with Gasteiger partial charge in [0, 0.05) is 15.1 Å². The van der Waals surface area contributed by atoms with Crippen LogP contribution in [-0.4, -0.2) is 6.08 Å². The van der Waals surface area contributed by atoms with Gasteiger partial charge in [0.15, 0.2) is 0 Å². The molecule has 0 atom stereocenters. The van der Waals surface area contributed by atoms with Gasteiger partial charge in [-0.3, -0.25) is 0 Å². The summed E-state index contributed by atoms with van der Waals surface area (Å²) in [5, 5.41) is 0.656. The van der Waals surface area contributed by atoms with Crippen molar-refractivity contribution < 1.29 is 4.79 Å². The highest BCUT2D eigenvalue weighted by Gasteiger charge is 2.41. The molecule has 0 aliphatic heterocycles. The van der Waals surface area contributed by atoms with Crippen molar-refractivity contribution in [1.82, 2.24) is 0 Å². The number of benzene rings is 1. The first kappa shape index (κ1) is 10.9. The Labute approximate surface area is 101 Å². The Morgan fingerprint density at radius 3 is 2.67 bits per heavy atom. The maximum absolute atomic E-state index is 10.5. The summed E-state index contributed by atoms with van der Waals surface area (Å²) in [6, 6.07) is 5.61. The predicted octanol–water partition coefficient (Wildman–Crippen LogP) is 3.82. The molecule has 0 unspecified atom stereocenters. The van der Waals surface area contributed by atoms with Crippen LogP contribution < -0.4 is 0 Å². The van der Waals surface area contributed by atoms with Crippen molar-refractivity contribution in [2.24, 2.45) is 4.99 Å².